The number of esters is 2. The van der Waals surface area contributed by atoms with Crippen LogP contribution >= 0.6 is 0 Å². The molecule has 0 saturated carbocycles. The fourth-order valence-electron chi connectivity index (χ4n) is 6.41. The van der Waals surface area contributed by atoms with E-state index in [1.807, 2.05) is 20.8 Å². The summed E-state index contributed by atoms with van der Waals surface area (Å²) in [5.74, 6) is -5.74. The average molecular weight is 815 g/mol. The zero-order valence-electron chi connectivity index (χ0n) is 33.7. The van der Waals surface area contributed by atoms with Crippen molar-refractivity contribution in [2.24, 2.45) is 5.16 Å². The third-order valence-electron chi connectivity index (χ3n) is 9.22. The molecule has 0 radical (unpaired) electrons. The zero-order chi connectivity index (χ0) is 43.6. The lowest BCUT2D eigenvalue weighted by Gasteiger charge is -2.15. The molecule has 0 aromatic heterocycles. The van der Waals surface area contributed by atoms with Crippen molar-refractivity contribution in [3.05, 3.63) is 88.5 Å². The van der Waals surface area contributed by atoms with Crippen molar-refractivity contribution in [2.75, 3.05) is 29.2 Å². The van der Waals surface area contributed by atoms with Gasteiger partial charge in [0.2, 0.25) is 0 Å². The van der Waals surface area contributed by atoms with Crippen LogP contribution in [0.3, 0.4) is 0 Å². The van der Waals surface area contributed by atoms with Crippen LogP contribution in [-0.4, -0.2) is 76.9 Å². The smallest absolute Gasteiger partial charge is 0.313 e. The minimum absolute atomic E-state index is 0.233. The van der Waals surface area contributed by atoms with E-state index >= 15 is 0 Å². The number of aliphatic carboxylic acids is 1. The maximum Gasteiger partial charge on any atom is 0.313 e. The maximum absolute atomic E-state index is 12.0. The first-order valence-corrected chi connectivity index (χ1v) is 19.4. The van der Waals surface area contributed by atoms with Gasteiger partial charge in [0.25, 0.3) is 29.3 Å². The summed E-state index contributed by atoms with van der Waals surface area (Å²) in [5.41, 5.74) is 4.24. The van der Waals surface area contributed by atoms with Gasteiger partial charge in [0.15, 0.2) is 0 Å². The van der Waals surface area contributed by atoms with E-state index in [1.165, 1.54) is 6.07 Å². The normalized spacial score (nSPS) is 13.9. The number of hydrogen-bond donors (Lipinski definition) is 5. The third-order valence-corrected chi connectivity index (χ3v) is 9.22. The monoisotopic (exact) mass is 814 g/mol. The van der Waals surface area contributed by atoms with Gasteiger partial charge >= 0.3 is 17.9 Å². The summed E-state index contributed by atoms with van der Waals surface area (Å²) in [5, 5.41) is 27.5. The number of oxime groups is 1. The van der Waals surface area contributed by atoms with Crippen LogP contribution < -0.4 is 16.0 Å². The minimum atomic E-state index is -0.915. The Kier molecular flexibility index (Phi) is 18.1. The van der Waals surface area contributed by atoms with Crippen LogP contribution in [0.25, 0.3) is 0 Å². The highest BCUT2D eigenvalue weighted by molar-refractivity contribution is 6.52. The second kappa shape index (κ2) is 22.9. The van der Waals surface area contributed by atoms with Crippen LogP contribution in [-0.2, 0) is 38.2 Å². The van der Waals surface area contributed by atoms with Crippen LogP contribution in [0.5, 0.6) is 0 Å². The molecule has 0 bridgehead atoms. The van der Waals surface area contributed by atoms with Crippen LogP contribution in [0.4, 0.5) is 17.1 Å². The van der Waals surface area contributed by atoms with Crippen molar-refractivity contribution in [3.8, 4) is 0 Å². The predicted octanol–water partition coefficient (Wildman–Crippen LogP) is 6.59. The molecule has 314 valence electrons. The number of amides is 3. The molecule has 0 fully saturated rings. The number of nitrogens with zero attached hydrogens (tertiary/aromatic N) is 1. The van der Waals surface area contributed by atoms with Crippen molar-refractivity contribution in [2.45, 2.75) is 90.9 Å². The molecule has 0 saturated heterocycles. The highest BCUT2D eigenvalue weighted by Gasteiger charge is 2.31. The molecule has 2 heterocycles. The Bertz CT molecular complexity index is 2060. The molecule has 0 spiro atoms. The minimum Gasteiger partial charge on any atom is -0.481 e. The molecule has 2 aliphatic heterocycles. The van der Waals surface area contributed by atoms with E-state index in [4.69, 9.17) is 19.8 Å². The van der Waals surface area contributed by atoms with Crippen LogP contribution in [0.15, 0.2) is 65.8 Å². The lowest BCUT2D eigenvalue weighted by molar-refractivity contribution is -0.146. The molecule has 3 amide bonds. The Hall–Kier alpha value is -6.71. The Labute approximate surface area is 341 Å². The number of fused-ring (bicyclic) bond motifs is 2. The lowest BCUT2D eigenvalue weighted by atomic mass is 9.92. The zero-order valence-corrected chi connectivity index (χ0v) is 33.7. The van der Waals surface area contributed by atoms with Gasteiger partial charge < -0.3 is 35.7 Å². The molecular weight excluding hydrogens is 764 g/mol. The summed E-state index contributed by atoms with van der Waals surface area (Å²) in [7, 11) is 0. The van der Waals surface area contributed by atoms with Crippen molar-refractivity contribution in [3.63, 3.8) is 0 Å². The summed E-state index contributed by atoms with van der Waals surface area (Å²) in [6.45, 7) is 10.1. The molecule has 3 unspecified atom stereocenters. The number of carbonyl (C=O) groups is 8. The van der Waals surface area contributed by atoms with E-state index in [2.05, 4.69) is 21.1 Å². The first kappa shape index (κ1) is 46.7. The van der Waals surface area contributed by atoms with Gasteiger partial charge in [-0.2, -0.15) is 0 Å². The molecule has 3 aromatic carbocycles. The number of Topliss-reactive ketones (excluding diaryl/α,β-unsaturated/α-hetero) is 2. The molecule has 59 heavy (non-hydrogen) atoms. The van der Waals surface area contributed by atoms with Crippen molar-refractivity contribution in [1.29, 1.82) is 0 Å². The summed E-state index contributed by atoms with van der Waals surface area (Å²) < 4.78 is 10.2. The predicted molar refractivity (Wildman–Crippen MR) is 218 cm³/mol. The second-order valence-corrected chi connectivity index (χ2v) is 13.4. The van der Waals surface area contributed by atoms with E-state index in [9.17, 15) is 38.4 Å². The van der Waals surface area contributed by atoms with E-state index in [-0.39, 0.29) is 23.4 Å². The van der Waals surface area contributed by atoms with Gasteiger partial charge in [0.05, 0.1) is 53.5 Å². The van der Waals surface area contributed by atoms with Crippen LogP contribution in [0, 0.1) is 0 Å². The SMILES string of the molecule is CCCC(C(=O)O)c1ccc2c(c1)C(=O)C(=O)N2.CCCC(C(=O)OCC)c1ccc(NC(=O)/C=N/O)cc1.CCCC(C(=O)OCC)c1ccc2c(c1)C(=O)C(=O)N2. The summed E-state index contributed by atoms with van der Waals surface area (Å²) in [6.07, 6.45) is 5.06. The molecule has 3 aromatic rings. The van der Waals surface area contributed by atoms with Gasteiger partial charge in [-0.05, 0) is 86.2 Å². The number of ketones is 2. The molecular formula is C43H50N4O12. The first-order valence-electron chi connectivity index (χ1n) is 19.4. The van der Waals surface area contributed by atoms with E-state index in [0.29, 0.717) is 66.2 Å². The largest absolute Gasteiger partial charge is 0.481 e. The Morgan fingerprint density at radius 3 is 1.46 bits per heavy atom. The maximum atomic E-state index is 12.0. The number of ether oxygens (including phenoxy) is 2. The van der Waals surface area contributed by atoms with Crippen LogP contribution in [0.2, 0.25) is 0 Å². The Balaban J connectivity index is 0.000000237. The molecule has 2 aliphatic rings. The van der Waals surface area contributed by atoms with Crippen molar-refractivity contribution in [1.82, 2.24) is 0 Å². The number of carboxylic acids is 1. The second-order valence-electron chi connectivity index (χ2n) is 13.4. The molecule has 5 N–H and O–H groups in total. The van der Waals surface area contributed by atoms with Gasteiger partial charge in [-0.25, -0.2) is 0 Å². The number of carbonyl (C=O) groups excluding carboxylic acids is 7. The van der Waals surface area contributed by atoms with E-state index < -0.39 is 47.1 Å². The number of benzene rings is 3. The standard InChI is InChI=1S/C15H20N2O4.C15H17NO4.C13H13NO4/c1-3-5-13(15(19)21-4-2)11-6-8-12(9-7-11)17-14(18)10-16-20;1-3-5-10(15(19)20-4-2)9-6-7-12-11(8-9)13(17)14(18)16-12;1-2-3-8(13(17)18)7-4-5-10-9(6-7)11(15)12(16)14-10/h6-10,13,20H,3-5H2,1-2H3,(H,17,18);6-8,10H,3-5H2,1-2H3,(H,16,17,18);4-6,8H,2-3H2,1H3,(H,17,18)(H,14,15,16)/b16-10+;;. The van der Waals surface area contributed by atoms with Gasteiger partial charge in [-0.1, -0.05) is 69.5 Å². The Morgan fingerprint density at radius 1 is 0.644 bits per heavy atom. The van der Waals surface area contributed by atoms with Crippen molar-refractivity contribution < 1.29 is 58.1 Å². The van der Waals surface area contributed by atoms with Gasteiger partial charge in [0, 0.05) is 5.69 Å². The number of anilines is 3. The number of carboxylic acid groups (broad SMARTS) is 1. The number of hydrogen-bond acceptors (Lipinski definition) is 12. The molecule has 16 heteroatoms. The highest BCUT2D eigenvalue weighted by atomic mass is 16.5. The molecule has 16 nitrogen and oxygen atoms in total. The third kappa shape index (κ3) is 12.6. The van der Waals surface area contributed by atoms with Crippen LogP contribution in [0.1, 0.15) is 128 Å². The van der Waals surface area contributed by atoms with Gasteiger partial charge in [-0.3, -0.25) is 38.4 Å². The topological polar surface area (TPSA) is 244 Å². The summed E-state index contributed by atoms with van der Waals surface area (Å²) in [4.78, 5) is 92.1. The van der Waals surface area contributed by atoms with E-state index in [0.717, 1.165) is 31.0 Å². The fraction of sp³-hybridized carbons (Fsp3) is 0.372. The first-order chi connectivity index (χ1) is 28.2. The molecule has 3 atom stereocenters. The average Bonchev–Trinajstić information content (AvgIpc) is 3.66. The highest BCUT2D eigenvalue weighted by Crippen LogP contribution is 2.31. The van der Waals surface area contributed by atoms with Gasteiger partial charge in [-0.15, -0.1) is 0 Å². The number of nitrogens with one attached hydrogen (secondary N) is 3. The Morgan fingerprint density at radius 2 is 1.05 bits per heavy atom. The molecule has 0 aliphatic carbocycles. The summed E-state index contributed by atoms with van der Waals surface area (Å²) in [6, 6.07) is 16.7. The van der Waals surface area contributed by atoms with Crippen molar-refractivity contribution >= 4 is 70.5 Å². The number of rotatable bonds is 16. The summed E-state index contributed by atoms with van der Waals surface area (Å²) >= 11 is 0. The van der Waals surface area contributed by atoms with Gasteiger partial charge in [0.1, 0.15) is 6.21 Å². The van der Waals surface area contributed by atoms with E-state index in [1.54, 1.807) is 68.4 Å². The quantitative estimate of drug-likeness (QED) is 0.0338. The fourth-order valence-corrected chi connectivity index (χ4v) is 6.41. The molecule has 5 rings (SSSR count). The lowest BCUT2D eigenvalue weighted by Crippen LogP contribution is -2.16.